The maximum atomic E-state index is 9.06. The second kappa shape index (κ2) is 7.51. The van der Waals surface area contributed by atoms with E-state index in [2.05, 4.69) is 38.2 Å². The lowest BCUT2D eigenvalue weighted by molar-refractivity contribution is 0.149. The number of anilines is 1. The molecule has 1 saturated carbocycles. The molecule has 24 heavy (non-hydrogen) atoms. The van der Waals surface area contributed by atoms with Gasteiger partial charge in [-0.15, -0.1) is 0 Å². The van der Waals surface area contributed by atoms with Crippen molar-refractivity contribution >= 4 is 32.7 Å². The summed E-state index contributed by atoms with van der Waals surface area (Å²) in [4.78, 5) is 6.67. The van der Waals surface area contributed by atoms with Crippen molar-refractivity contribution in [2.75, 3.05) is 25.5 Å². The van der Waals surface area contributed by atoms with Gasteiger partial charge in [0.05, 0.1) is 17.3 Å². The topological polar surface area (TPSA) is 85.3 Å². The van der Waals surface area contributed by atoms with Gasteiger partial charge in [-0.1, -0.05) is 0 Å². The third kappa shape index (κ3) is 3.56. The number of aliphatic hydroxyl groups excluding tert-OH is 1. The highest BCUT2D eigenvalue weighted by Crippen LogP contribution is 2.33. The average Bonchev–Trinajstić information content (AvgIpc) is 3.02. The van der Waals surface area contributed by atoms with E-state index in [1.165, 1.54) is 0 Å². The van der Waals surface area contributed by atoms with E-state index in [1.807, 2.05) is 6.07 Å². The summed E-state index contributed by atoms with van der Waals surface area (Å²) in [5.41, 5.74) is 0.610. The average molecular weight is 393 g/mol. The Hall–Kier alpha value is -1.62. The normalized spacial score (nSPS) is 21.1. The fourth-order valence-corrected chi connectivity index (χ4v) is 3.86. The monoisotopic (exact) mass is 392 g/mol. The Morgan fingerprint density at radius 1 is 1.46 bits per heavy atom. The molecular formula is C17H21BrN4O2. The predicted octanol–water partition coefficient (Wildman–Crippen LogP) is 3.11. The number of aromatic nitrogens is 1. The molecule has 1 aliphatic rings. The molecule has 128 valence electrons. The van der Waals surface area contributed by atoms with Gasteiger partial charge in [0.2, 0.25) is 5.76 Å². The van der Waals surface area contributed by atoms with Crippen LogP contribution in [-0.4, -0.2) is 47.3 Å². The standard InChI is InChI=1S/C17H21BrN4O2/c1-22(6-7-23)12-4-2-11(3-5-12)21-17-16(18)14-8-13(9-19)24-15(14)10-20-17/h8,10-12,23H,2-7H2,1H3,(H,20,21). The summed E-state index contributed by atoms with van der Waals surface area (Å²) in [6.07, 6.45) is 6.02. The molecule has 0 radical (unpaired) electrons. The molecule has 0 unspecified atom stereocenters. The minimum absolute atomic E-state index is 0.209. The van der Waals surface area contributed by atoms with Crippen LogP contribution < -0.4 is 5.32 Å². The Morgan fingerprint density at radius 2 is 2.21 bits per heavy atom. The number of hydrogen-bond donors (Lipinski definition) is 2. The molecule has 0 amide bonds. The number of likely N-dealkylation sites (N-methyl/N-ethyl adjacent to an activating group) is 1. The Labute approximate surface area is 149 Å². The molecule has 0 spiro atoms. The van der Waals surface area contributed by atoms with Crippen molar-refractivity contribution in [2.24, 2.45) is 0 Å². The summed E-state index contributed by atoms with van der Waals surface area (Å²) < 4.78 is 6.24. The third-order valence-electron chi connectivity index (χ3n) is 4.74. The molecule has 0 bridgehead atoms. The van der Waals surface area contributed by atoms with Crippen LogP contribution in [0.15, 0.2) is 21.2 Å². The molecule has 3 rings (SSSR count). The van der Waals surface area contributed by atoms with E-state index >= 15 is 0 Å². The number of nitrogens with zero attached hydrogens (tertiary/aromatic N) is 3. The van der Waals surface area contributed by atoms with Crippen LogP contribution in [0.5, 0.6) is 0 Å². The molecule has 2 aromatic rings. The zero-order valence-electron chi connectivity index (χ0n) is 13.6. The predicted molar refractivity (Wildman–Crippen MR) is 95.8 cm³/mol. The lowest BCUT2D eigenvalue weighted by Crippen LogP contribution is -2.39. The molecule has 2 N–H and O–H groups in total. The third-order valence-corrected chi connectivity index (χ3v) is 5.54. The van der Waals surface area contributed by atoms with Crippen LogP contribution >= 0.6 is 15.9 Å². The van der Waals surface area contributed by atoms with Gasteiger partial charge >= 0.3 is 0 Å². The van der Waals surface area contributed by atoms with Gasteiger partial charge in [-0.05, 0) is 48.7 Å². The summed E-state index contributed by atoms with van der Waals surface area (Å²) >= 11 is 3.58. The number of nitrogens with one attached hydrogen (secondary N) is 1. The molecule has 0 aliphatic heterocycles. The number of rotatable bonds is 5. The summed E-state index contributed by atoms with van der Waals surface area (Å²) in [5.74, 6) is 1.08. The van der Waals surface area contributed by atoms with Crippen molar-refractivity contribution in [1.82, 2.24) is 9.88 Å². The fraction of sp³-hybridized carbons (Fsp3) is 0.529. The smallest absolute Gasteiger partial charge is 0.204 e. The lowest BCUT2D eigenvalue weighted by Gasteiger charge is -2.35. The van der Waals surface area contributed by atoms with Gasteiger partial charge < -0.3 is 19.7 Å². The van der Waals surface area contributed by atoms with Crippen LogP contribution in [0.1, 0.15) is 31.4 Å². The summed E-state index contributed by atoms with van der Waals surface area (Å²) in [5, 5.41) is 22.4. The first-order valence-corrected chi connectivity index (χ1v) is 8.97. The number of fused-ring (bicyclic) bond motifs is 1. The van der Waals surface area contributed by atoms with Crippen LogP contribution in [-0.2, 0) is 0 Å². The molecule has 1 fully saturated rings. The number of nitriles is 1. The second-order valence-electron chi connectivity index (χ2n) is 6.28. The first-order chi connectivity index (χ1) is 11.6. The van der Waals surface area contributed by atoms with Crippen molar-refractivity contribution in [2.45, 2.75) is 37.8 Å². The van der Waals surface area contributed by atoms with Gasteiger partial charge in [-0.25, -0.2) is 4.98 Å². The molecule has 2 aromatic heterocycles. The van der Waals surface area contributed by atoms with E-state index in [1.54, 1.807) is 12.3 Å². The van der Waals surface area contributed by atoms with E-state index in [0.29, 0.717) is 17.7 Å². The zero-order valence-corrected chi connectivity index (χ0v) is 15.2. The molecule has 0 atom stereocenters. The zero-order chi connectivity index (χ0) is 17.1. The molecule has 6 nitrogen and oxygen atoms in total. The van der Waals surface area contributed by atoms with Crippen LogP contribution in [0.2, 0.25) is 0 Å². The first kappa shape index (κ1) is 17.2. The number of furan rings is 1. The largest absolute Gasteiger partial charge is 0.444 e. The summed E-state index contributed by atoms with van der Waals surface area (Å²) in [6.45, 7) is 0.940. The molecule has 0 saturated heterocycles. The quantitative estimate of drug-likeness (QED) is 0.812. The van der Waals surface area contributed by atoms with E-state index in [4.69, 9.17) is 14.8 Å². The highest BCUT2D eigenvalue weighted by molar-refractivity contribution is 9.10. The number of aliphatic hydroxyl groups is 1. The molecule has 7 heteroatoms. The Morgan fingerprint density at radius 3 is 2.88 bits per heavy atom. The second-order valence-corrected chi connectivity index (χ2v) is 7.07. The van der Waals surface area contributed by atoms with Crippen LogP contribution in [0.3, 0.4) is 0 Å². The Kier molecular flexibility index (Phi) is 5.39. The molecule has 2 heterocycles. The maximum absolute atomic E-state index is 9.06. The van der Waals surface area contributed by atoms with Crippen molar-refractivity contribution in [3.8, 4) is 6.07 Å². The highest BCUT2D eigenvalue weighted by atomic mass is 79.9. The maximum Gasteiger partial charge on any atom is 0.204 e. The van der Waals surface area contributed by atoms with Crippen LogP contribution in [0, 0.1) is 11.3 Å². The molecule has 1 aliphatic carbocycles. The Bertz CT molecular complexity index is 747. The van der Waals surface area contributed by atoms with Crippen LogP contribution in [0.25, 0.3) is 11.0 Å². The van der Waals surface area contributed by atoms with Gasteiger partial charge in [0.25, 0.3) is 0 Å². The molecule has 0 aromatic carbocycles. The number of hydrogen-bond acceptors (Lipinski definition) is 6. The fourth-order valence-electron chi connectivity index (χ4n) is 3.33. The van der Waals surface area contributed by atoms with Crippen molar-refractivity contribution in [3.05, 3.63) is 22.5 Å². The minimum Gasteiger partial charge on any atom is -0.444 e. The summed E-state index contributed by atoms with van der Waals surface area (Å²) in [6, 6.07) is 4.67. The van der Waals surface area contributed by atoms with E-state index < -0.39 is 0 Å². The first-order valence-electron chi connectivity index (χ1n) is 8.18. The van der Waals surface area contributed by atoms with Gasteiger partial charge in [0.15, 0.2) is 5.58 Å². The number of halogens is 1. The van der Waals surface area contributed by atoms with Gasteiger partial charge in [-0.2, -0.15) is 5.26 Å². The van der Waals surface area contributed by atoms with Crippen LogP contribution in [0.4, 0.5) is 5.82 Å². The van der Waals surface area contributed by atoms with Gasteiger partial charge in [0, 0.05) is 30.1 Å². The van der Waals surface area contributed by atoms with E-state index in [9.17, 15) is 0 Å². The van der Waals surface area contributed by atoms with Gasteiger partial charge in [0.1, 0.15) is 11.9 Å². The van der Waals surface area contributed by atoms with Crippen molar-refractivity contribution < 1.29 is 9.52 Å². The van der Waals surface area contributed by atoms with E-state index in [0.717, 1.165) is 47.9 Å². The van der Waals surface area contributed by atoms with Crippen molar-refractivity contribution in [1.29, 1.82) is 5.26 Å². The molecular weight excluding hydrogens is 372 g/mol. The minimum atomic E-state index is 0.209. The Balaban J connectivity index is 1.66. The SMILES string of the molecule is CN(CCO)C1CCC(Nc2ncc3oc(C#N)cc3c2Br)CC1. The van der Waals surface area contributed by atoms with E-state index in [-0.39, 0.29) is 12.4 Å². The highest BCUT2D eigenvalue weighted by Gasteiger charge is 2.24. The number of pyridine rings is 1. The lowest BCUT2D eigenvalue weighted by atomic mass is 9.90. The summed E-state index contributed by atoms with van der Waals surface area (Å²) in [7, 11) is 2.08. The van der Waals surface area contributed by atoms with Gasteiger partial charge in [-0.3, -0.25) is 0 Å². The van der Waals surface area contributed by atoms with Crippen molar-refractivity contribution in [3.63, 3.8) is 0 Å².